The molecule has 1 aliphatic heterocycles. The third-order valence-corrected chi connectivity index (χ3v) is 4.01. The lowest BCUT2D eigenvalue weighted by atomic mass is 10.1. The minimum Gasteiger partial charge on any atom is -0.467 e. The number of rotatable bonds is 3. The predicted octanol–water partition coefficient (Wildman–Crippen LogP) is 4.22. The highest BCUT2D eigenvalue weighted by atomic mass is 79.9. The fourth-order valence-corrected chi connectivity index (χ4v) is 2.84. The molecule has 7 heteroatoms. The van der Waals surface area contributed by atoms with Crippen LogP contribution >= 0.6 is 15.9 Å². The number of amides is 1. The molecule has 3 aromatic rings. The van der Waals surface area contributed by atoms with Gasteiger partial charge in [0, 0.05) is 6.42 Å². The molecule has 4 rings (SSSR count). The van der Waals surface area contributed by atoms with E-state index in [-0.39, 0.29) is 17.7 Å². The summed E-state index contributed by atoms with van der Waals surface area (Å²) in [6, 6.07) is 10.1. The summed E-state index contributed by atoms with van der Waals surface area (Å²) in [7, 11) is 0. The Kier molecular flexibility index (Phi) is 3.42. The van der Waals surface area contributed by atoms with Gasteiger partial charge in [-0.1, -0.05) is 0 Å². The first-order valence-corrected chi connectivity index (χ1v) is 7.75. The Labute approximate surface area is 139 Å². The average Bonchev–Trinajstić information content (AvgIpc) is 3.30. The Hall–Kier alpha value is -2.54. The van der Waals surface area contributed by atoms with E-state index >= 15 is 0 Å². The van der Waals surface area contributed by atoms with Crippen LogP contribution in [-0.4, -0.2) is 16.6 Å². The monoisotopic (exact) mass is 374 g/mol. The summed E-state index contributed by atoms with van der Waals surface area (Å²) in [6.07, 6.45) is 3.66. The molecule has 0 aliphatic carbocycles. The third kappa shape index (κ3) is 2.53. The van der Waals surface area contributed by atoms with Gasteiger partial charge in [0.15, 0.2) is 10.4 Å². The van der Waals surface area contributed by atoms with Gasteiger partial charge in [-0.2, -0.15) is 5.10 Å². The Bertz CT molecular complexity index is 849. The van der Waals surface area contributed by atoms with Crippen LogP contribution in [0.2, 0.25) is 0 Å². The topological polar surface area (TPSA) is 72.1 Å². The van der Waals surface area contributed by atoms with Gasteiger partial charge in [-0.15, -0.1) is 0 Å². The van der Waals surface area contributed by atoms with Crippen molar-refractivity contribution in [3.63, 3.8) is 0 Å². The fourth-order valence-electron chi connectivity index (χ4n) is 2.53. The number of hydrogen-bond acceptors (Lipinski definition) is 5. The van der Waals surface area contributed by atoms with Crippen molar-refractivity contribution in [3.8, 4) is 0 Å². The first kappa shape index (κ1) is 14.1. The Morgan fingerprint density at radius 1 is 1.17 bits per heavy atom. The van der Waals surface area contributed by atoms with E-state index in [0.717, 1.165) is 0 Å². The van der Waals surface area contributed by atoms with Crippen molar-refractivity contribution < 1.29 is 18.0 Å². The summed E-state index contributed by atoms with van der Waals surface area (Å²) in [4.78, 5) is 12.7. The van der Waals surface area contributed by atoms with Crippen LogP contribution in [0.15, 0.2) is 71.9 Å². The number of hydrogen-bond donors (Lipinski definition) is 0. The molecule has 0 unspecified atom stereocenters. The molecule has 1 amide bonds. The molecule has 6 nitrogen and oxygen atoms in total. The zero-order chi connectivity index (χ0) is 15.8. The third-order valence-electron chi connectivity index (χ3n) is 3.58. The van der Waals surface area contributed by atoms with Crippen LogP contribution in [0.1, 0.15) is 34.5 Å². The maximum absolute atomic E-state index is 12.7. The van der Waals surface area contributed by atoms with Crippen molar-refractivity contribution >= 4 is 27.5 Å². The molecule has 3 aromatic heterocycles. The molecule has 0 N–H and O–H groups in total. The van der Waals surface area contributed by atoms with E-state index in [1.165, 1.54) is 5.01 Å². The number of hydrazone groups is 1. The first-order valence-electron chi connectivity index (χ1n) is 6.96. The second kappa shape index (κ2) is 5.58. The van der Waals surface area contributed by atoms with E-state index in [2.05, 4.69) is 21.0 Å². The van der Waals surface area contributed by atoms with E-state index in [1.807, 2.05) is 12.1 Å². The van der Waals surface area contributed by atoms with Gasteiger partial charge in [0.25, 0.3) is 0 Å². The molecular weight excluding hydrogens is 364 g/mol. The number of carbonyl (C=O) groups excluding carboxylic acids is 1. The highest BCUT2D eigenvalue weighted by Gasteiger charge is 2.37. The highest BCUT2D eigenvalue weighted by Crippen LogP contribution is 2.34. The minimum absolute atomic E-state index is 0.206. The van der Waals surface area contributed by atoms with Gasteiger partial charge in [0.1, 0.15) is 23.3 Å². The van der Waals surface area contributed by atoms with Crippen LogP contribution in [0.3, 0.4) is 0 Å². The summed E-state index contributed by atoms with van der Waals surface area (Å²) >= 11 is 3.20. The van der Waals surface area contributed by atoms with Gasteiger partial charge in [0.05, 0.1) is 12.5 Å². The quantitative estimate of drug-likeness (QED) is 0.687. The molecule has 1 aliphatic rings. The summed E-state index contributed by atoms with van der Waals surface area (Å²) in [5.41, 5.74) is 0.690. The lowest BCUT2D eigenvalue weighted by Gasteiger charge is -2.18. The molecule has 4 heterocycles. The minimum atomic E-state index is -0.335. The lowest BCUT2D eigenvalue weighted by molar-refractivity contribution is 0.0659. The standard InChI is InChI=1S/C16H11BrN2O4/c17-15-6-5-14(23-15)16(20)19-11(13-4-2-8-22-13)9-10(18-19)12-3-1-7-21-12/h1-8,11H,9H2/t11-/m1/s1. The summed E-state index contributed by atoms with van der Waals surface area (Å²) in [5, 5.41) is 5.80. The van der Waals surface area contributed by atoms with Crippen LogP contribution in [-0.2, 0) is 0 Å². The zero-order valence-corrected chi connectivity index (χ0v) is 13.4. The van der Waals surface area contributed by atoms with Crippen molar-refractivity contribution in [1.82, 2.24) is 5.01 Å². The summed E-state index contributed by atoms with van der Waals surface area (Å²) in [5.74, 6) is 1.17. The van der Waals surface area contributed by atoms with Gasteiger partial charge in [-0.05, 0) is 52.3 Å². The molecule has 0 fully saturated rings. The largest absolute Gasteiger partial charge is 0.467 e. The highest BCUT2D eigenvalue weighted by molar-refractivity contribution is 9.10. The van der Waals surface area contributed by atoms with Crippen molar-refractivity contribution in [2.45, 2.75) is 12.5 Å². The maximum atomic E-state index is 12.7. The van der Waals surface area contributed by atoms with Crippen molar-refractivity contribution in [1.29, 1.82) is 0 Å². The predicted molar refractivity (Wildman–Crippen MR) is 83.9 cm³/mol. The maximum Gasteiger partial charge on any atom is 0.310 e. The van der Waals surface area contributed by atoms with Gasteiger partial charge in [0.2, 0.25) is 0 Å². The van der Waals surface area contributed by atoms with Crippen LogP contribution in [0.25, 0.3) is 0 Å². The summed E-state index contributed by atoms with van der Waals surface area (Å²) < 4.78 is 16.7. The smallest absolute Gasteiger partial charge is 0.310 e. The Morgan fingerprint density at radius 2 is 2.00 bits per heavy atom. The lowest BCUT2D eigenvalue weighted by Crippen LogP contribution is -2.26. The average molecular weight is 375 g/mol. The van der Waals surface area contributed by atoms with Crippen LogP contribution < -0.4 is 0 Å². The van der Waals surface area contributed by atoms with Crippen molar-refractivity contribution in [3.05, 3.63) is 70.9 Å². The van der Waals surface area contributed by atoms with Gasteiger partial charge in [-0.3, -0.25) is 4.79 Å². The Balaban J connectivity index is 1.71. The normalized spacial score (nSPS) is 17.5. The van der Waals surface area contributed by atoms with Crippen LogP contribution in [0.4, 0.5) is 0 Å². The van der Waals surface area contributed by atoms with E-state index in [1.54, 1.807) is 36.8 Å². The Morgan fingerprint density at radius 3 is 2.65 bits per heavy atom. The zero-order valence-electron chi connectivity index (χ0n) is 11.8. The molecule has 0 aromatic carbocycles. The number of furan rings is 3. The number of halogens is 1. The van der Waals surface area contributed by atoms with Crippen LogP contribution in [0.5, 0.6) is 0 Å². The molecule has 0 bridgehead atoms. The van der Waals surface area contributed by atoms with Gasteiger partial charge >= 0.3 is 5.91 Å². The second-order valence-electron chi connectivity index (χ2n) is 5.01. The van der Waals surface area contributed by atoms with E-state index < -0.39 is 0 Å². The second-order valence-corrected chi connectivity index (χ2v) is 5.79. The number of carbonyl (C=O) groups is 1. The van der Waals surface area contributed by atoms with E-state index in [9.17, 15) is 4.79 Å². The molecule has 0 saturated heterocycles. The summed E-state index contributed by atoms with van der Waals surface area (Å²) in [6.45, 7) is 0. The van der Waals surface area contributed by atoms with E-state index in [4.69, 9.17) is 13.3 Å². The molecule has 23 heavy (non-hydrogen) atoms. The van der Waals surface area contributed by atoms with Crippen molar-refractivity contribution in [2.24, 2.45) is 5.10 Å². The van der Waals surface area contributed by atoms with Gasteiger partial charge < -0.3 is 13.3 Å². The molecule has 1 atom stereocenters. The van der Waals surface area contributed by atoms with Crippen LogP contribution in [0, 0.1) is 0 Å². The van der Waals surface area contributed by atoms with E-state index in [0.29, 0.717) is 28.3 Å². The number of nitrogens with zero attached hydrogens (tertiary/aromatic N) is 2. The molecule has 116 valence electrons. The molecular formula is C16H11BrN2O4. The molecule has 0 spiro atoms. The first-order chi connectivity index (χ1) is 11.2. The van der Waals surface area contributed by atoms with Gasteiger partial charge in [-0.25, -0.2) is 5.01 Å². The fraction of sp³-hybridized carbons (Fsp3) is 0.125. The molecule has 0 saturated carbocycles. The van der Waals surface area contributed by atoms with Crippen molar-refractivity contribution in [2.75, 3.05) is 0 Å². The molecule has 0 radical (unpaired) electrons. The SMILES string of the molecule is O=C(c1ccc(Br)o1)N1N=C(c2ccco2)C[C@@H]1c1ccco1.